The number of thiophene rings is 1. The Morgan fingerprint density at radius 3 is 2.89 bits per heavy atom. The fourth-order valence-corrected chi connectivity index (χ4v) is 2.78. The van der Waals surface area contributed by atoms with E-state index < -0.39 is 0 Å². The molecule has 0 amide bonds. The maximum atomic E-state index is 11.9. The molecular weight excluding hydrogens is 312 g/mol. The second kappa shape index (κ2) is 5.98. The van der Waals surface area contributed by atoms with Gasteiger partial charge in [-0.2, -0.15) is 0 Å². The number of carbonyl (C=O) groups excluding carboxylic acids is 1. The topological polar surface area (TPSA) is 26.3 Å². The van der Waals surface area contributed by atoms with Crippen molar-refractivity contribution < 1.29 is 9.53 Å². The molecule has 0 spiro atoms. The fraction of sp³-hybridized carbons (Fsp3) is 0.0714. The lowest BCUT2D eigenvalue weighted by Gasteiger charge is -2.00. The lowest BCUT2D eigenvalue weighted by molar-refractivity contribution is 0.104. The molecule has 1 aromatic carbocycles. The first kappa shape index (κ1) is 13.1. The van der Waals surface area contributed by atoms with Crippen LogP contribution in [0.4, 0.5) is 0 Å². The monoisotopic (exact) mass is 322 g/mol. The molecule has 0 aliphatic heterocycles. The molecule has 92 valence electrons. The van der Waals surface area contributed by atoms with Crippen LogP contribution in [0, 0.1) is 0 Å². The highest BCUT2D eigenvalue weighted by Crippen LogP contribution is 2.21. The third-order valence-corrected chi connectivity index (χ3v) is 4.00. The van der Waals surface area contributed by atoms with E-state index >= 15 is 0 Å². The van der Waals surface area contributed by atoms with Crippen LogP contribution in [0.3, 0.4) is 0 Å². The minimum atomic E-state index is -0.0292. The zero-order chi connectivity index (χ0) is 13.0. The summed E-state index contributed by atoms with van der Waals surface area (Å²) in [4.78, 5) is 13.0. The van der Waals surface area contributed by atoms with E-state index in [1.54, 1.807) is 36.7 Å². The lowest BCUT2D eigenvalue weighted by Crippen LogP contribution is -1.94. The first-order chi connectivity index (χ1) is 8.69. The molecule has 2 aromatic rings. The smallest absolute Gasteiger partial charge is 0.186 e. The first-order valence-electron chi connectivity index (χ1n) is 5.29. The van der Waals surface area contributed by atoms with Crippen LogP contribution < -0.4 is 4.74 Å². The SMILES string of the molecule is COc1cccc(C(=O)C=Cc2cc(Br)cs2)c1. The predicted octanol–water partition coefficient (Wildman–Crippen LogP) is 4.42. The van der Waals surface area contributed by atoms with Gasteiger partial charge in [0, 0.05) is 20.3 Å². The van der Waals surface area contributed by atoms with E-state index in [0.29, 0.717) is 11.3 Å². The van der Waals surface area contributed by atoms with Gasteiger partial charge in [-0.05, 0) is 46.3 Å². The molecule has 0 saturated heterocycles. The van der Waals surface area contributed by atoms with Crippen LogP contribution in [0.1, 0.15) is 15.2 Å². The van der Waals surface area contributed by atoms with Gasteiger partial charge >= 0.3 is 0 Å². The Labute approximate surface area is 118 Å². The molecule has 0 aliphatic rings. The van der Waals surface area contributed by atoms with Gasteiger partial charge in [-0.1, -0.05) is 12.1 Å². The second-order valence-electron chi connectivity index (χ2n) is 3.60. The van der Waals surface area contributed by atoms with E-state index in [1.807, 2.05) is 29.7 Å². The van der Waals surface area contributed by atoms with Gasteiger partial charge in [0.05, 0.1) is 7.11 Å². The van der Waals surface area contributed by atoms with Gasteiger partial charge in [0.25, 0.3) is 0 Å². The number of benzene rings is 1. The van der Waals surface area contributed by atoms with Gasteiger partial charge in [0.2, 0.25) is 0 Å². The van der Waals surface area contributed by atoms with Crippen molar-refractivity contribution in [2.45, 2.75) is 0 Å². The van der Waals surface area contributed by atoms with Crippen molar-refractivity contribution in [3.05, 3.63) is 56.7 Å². The van der Waals surface area contributed by atoms with Crippen LogP contribution >= 0.6 is 27.3 Å². The van der Waals surface area contributed by atoms with Crippen molar-refractivity contribution in [2.75, 3.05) is 7.11 Å². The van der Waals surface area contributed by atoms with Gasteiger partial charge in [-0.15, -0.1) is 11.3 Å². The molecule has 0 aliphatic carbocycles. The van der Waals surface area contributed by atoms with Crippen LogP contribution in [0.25, 0.3) is 6.08 Å². The molecule has 1 heterocycles. The molecule has 0 N–H and O–H groups in total. The molecule has 0 fully saturated rings. The standard InChI is InChI=1S/C14H11BrO2S/c1-17-12-4-2-3-10(7-12)14(16)6-5-13-8-11(15)9-18-13/h2-9H,1H3. The summed E-state index contributed by atoms with van der Waals surface area (Å²) >= 11 is 4.96. The molecule has 0 bridgehead atoms. The Balaban J connectivity index is 2.14. The van der Waals surface area contributed by atoms with E-state index in [4.69, 9.17) is 4.74 Å². The van der Waals surface area contributed by atoms with E-state index in [2.05, 4.69) is 15.9 Å². The molecule has 0 saturated carbocycles. The average molecular weight is 323 g/mol. The van der Waals surface area contributed by atoms with E-state index in [9.17, 15) is 4.79 Å². The maximum Gasteiger partial charge on any atom is 0.186 e. The number of rotatable bonds is 4. The van der Waals surface area contributed by atoms with E-state index in [0.717, 1.165) is 9.35 Å². The number of halogens is 1. The molecule has 0 atom stereocenters. The van der Waals surface area contributed by atoms with Crippen molar-refractivity contribution in [3.63, 3.8) is 0 Å². The number of allylic oxidation sites excluding steroid dienone is 1. The Morgan fingerprint density at radius 2 is 2.22 bits per heavy atom. The van der Waals surface area contributed by atoms with Gasteiger partial charge in [0.1, 0.15) is 5.75 Å². The molecule has 1 aromatic heterocycles. The minimum Gasteiger partial charge on any atom is -0.497 e. The molecular formula is C14H11BrO2S. The summed E-state index contributed by atoms with van der Waals surface area (Å²) in [6, 6.07) is 9.11. The summed E-state index contributed by atoms with van der Waals surface area (Å²) in [7, 11) is 1.59. The van der Waals surface area contributed by atoms with Crippen LogP contribution in [0.15, 0.2) is 46.3 Å². The molecule has 2 nitrogen and oxygen atoms in total. The Kier molecular flexibility index (Phi) is 4.33. The summed E-state index contributed by atoms with van der Waals surface area (Å²) < 4.78 is 6.12. The Hall–Kier alpha value is -1.39. The average Bonchev–Trinajstić information content (AvgIpc) is 2.82. The normalized spacial score (nSPS) is 10.8. The number of carbonyl (C=O) groups is 1. The summed E-state index contributed by atoms with van der Waals surface area (Å²) in [5.41, 5.74) is 0.626. The van der Waals surface area contributed by atoms with Crippen LogP contribution in [0.2, 0.25) is 0 Å². The number of ketones is 1. The highest BCUT2D eigenvalue weighted by Gasteiger charge is 2.03. The number of methoxy groups -OCH3 is 1. The van der Waals surface area contributed by atoms with Crippen LogP contribution in [-0.2, 0) is 0 Å². The predicted molar refractivity (Wildman–Crippen MR) is 78.4 cm³/mol. The third kappa shape index (κ3) is 3.31. The Bertz CT molecular complexity index is 587. The quantitative estimate of drug-likeness (QED) is 0.615. The Morgan fingerprint density at radius 1 is 1.39 bits per heavy atom. The first-order valence-corrected chi connectivity index (χ1v) is 6.97. The maximum absolute atomic E-state index is 11.9. The van der Waals surface area contributed by atoms with Crippen molar-refractivity contribution in [2.24, 2.45) is 0 Å². The number of ether oxygens (including phenoxy) is 1. The summed E-state index contributed by atoms with van der Waals surface area (Å²) in [6.07, 6.45) is 3.39. The van der Waals surface area contributed by atoms with Crippen LogP contribution in [-0.4, -0.2) is 12.9 Å². The van der Waals surface area contributed by atoms with E-state index in [-0.39, 0.29) is 5.78 Å². The van der Waals surface area contributed by atoms with Gasteiger partial charge in [-0.25, -0.2) is 0 Å². The molecule has 0 radical (unpaired) electrons. The molecule has 4 heteroatoms. The van der Waals surface area contributed by atoms with Crippen molar-refractivity contribution >= 4 is 39.1 Å². The summed E-state index contributed by atoms with van der Waals surface area (Å²) in [6.45, 7) is 0. The largest absolute Gasteiger partial charge is 0.497 e. The van der Waals surface area contributed by atoms with Crippen LogP contribution in [0.5, 0.6) is 5.75 Å². The van der Waals surface area contributed by atoms with Crippen molar-refractivity contribution in [1.82, 2.24) is 0 Å². The molecule has 2 rings (SSSR count). The van der Waals surface area contributed by atoms with Crippen molar-refractivity contribution in [3.8, 4) is 5.75 Å². The third-order valence-electron chi connectivity index (χ3n) is 2.34. The highest BCUT2D eigenvalue weighted by molar-refractivity contribution is 9.10. The number of hydrogen-bond acceptors (Lipinski definition) is 3. The van der Waals surface area contributed by atoms with Gasteiger partial charge in [-0.3, -0.25) is 4.79 Å². The van der Waals surface area contributed by atoms with Gasteiger partial charge < -0.3 is 4.74 Å². The zero-order valence-corrected chi connectivity index (χ0v) is 12.1. The van der Waals surface area contributed by atoms with Gasteiger partial charge in [0.15, 0.2) is 5.78 Å². The summed E-state index contributed by atoms with van der Waals surface area (Å²) in [5.74, 6) is 0.659. The minimum absolute atomic E-state index is 0.0292. The molecule has 18 heavy (non-hydrogen) atoms. The molecule has 0 unspecified atom stereocenters. The lowest BCUT2D eigenvalue weighted by atomic mass is 10.1. The van der Waals surface area contributed by atoms with Crippen molar-refractivity contribution in [1.29, 1.82) is 0 Å². The number of hydrogen-bond donors (Lipinski definition) is 0. The fourth-order valence-electron chi connectivity index (χ4n) is 1.45. The zero-order valence-electron chi connectivity index (χ0n) is 9.72. The highest BCUT2D eigenvalue weighted by atomic mass is 79.9. The van der Waals surface area contributed by atoms with E-state index in [1.165, 1.54) is 0 Å². The summed E-state index contributed by atoms with van der Waals surface area (Å²) in [5, 5.41) is 1.98. The second-order valence-corrected chi connectivity index (χ2v) is 5.46.